The fourth-order valence-electron chi connectivity index (χ4n) is 4.18. The summed E-state index contributed by atoms with van der Waals surface area (Å²) in [5, 5.41) is 4.90. The van der Waals surface area contributed by atoms with Gasteiger partial charge < -0.3 is 9.47 Å². The van der Waals surface area contributed by atoms with Crippen molar-refractivity contribution in [1.82, 2.24) is 5.32 Å². The fraction of sp³-hybridized carbons (Fsp3) is 0.0690. The number of methoxy groups -OCH3 is 1. The molecule has 4 amide bonds. The van der Waals surface area contributed by atoms with E-state index in [2.05, 4.69) is 46.1 Å². The zero-order valence-electron chi connectivity index (χ0n) is 20.0. The molecule has 4 aromatic carbocycles. The lowest BCUT2D eigenvalue weighted by atomic mass is 10.1. The Hall–Kier alpha value is -3.89. The Kier molecular flexibility index (Phi) is 7.35. The Morgan fingerprint density at radius 1 is 0.974 bits per heavy atom. The van der Waals surface area contributed by atoms with E-state index in [0.29, 0.717) is 34.4 Å². The van der Waals surface area contributed by atoms with E-state index in [0.717, 1.165) is 24.8 Å². The van der Waals surface area contributed by atoms with Crippen LogP contribution >= 0.6 is 34.2 Å². The minimum atomic E-state index is -0.830. The normalized spacial score (nSPS) is 14.7. The van der Waals surface area contributed by atoms with Gasteiger partial charge in [-0.15, -0.1) is 0 Å². The van der Waals surface area contributed by atoms with Gasteiger partial charge >= 0.3 is 6.03 Å². The summed E-state index contributed by atoms with van der Waals surface area (Å²) >= 11 is 8.05. The minimum absolute atomic E-state index is 0.193. The van der Waals surface area contributed by atoms with Crippen LogP contribution in [0.1, 0.15) is 11.1 Å². The molecule has 1 heterocycles. The standard InChI is InChI=1S/C29H20ClIN2O5/c1-37-25-15-17(13-23-27(34)32-29(36)33(28(23)35)21-11-9-20(30)10-12-21)14-24(31)26(25)38-16-19-7-4-6-18-5-2-3-8-22(18)19/h2-15H,16H2,1H3,(H,32,34,36). The lowest BCUT2D eigenvalue weighted by Gasteiger charge is -2.26. The first-order chi connectivity index (χ1) is 18.4. The van der Waals surface area contributed by atoms with Gasteiger partial charge in [0.2, 0.25) is 0 Å². The van der Waals surface area contributed by atoms with Gasteiger partial charge in [-0.1, -0.05) is 54.1 Å². The van der Waals surface area contributed by atoms with Gasteiger partial charge in [-0.05, 0) is 87.0 Å². The summed E-state index contributed by atoms with van der Waals surface area (Å²) in [4.78, 5) is 39.1. The molecule has 190 valence electrons. The number of carbonyl (C=O) groups is 3. The summed E-state index contributed by atoms with van der Waals surface area (Å²) in [7, 11) is 1.52. The fourth-order valence-corrected chi connectivity index (χ4v) is 5.09. The van der Waals surface area contributed by atoms with Crippen molar-refractivity contribution in [1.29, 1.82) is 0 Å². The molecule has 5 rings (SSSR count). The third-order valence-corrected chi connectivity index (χ3v) is 7.05. The van der Waals surface area contributed by atoms with Crippen molar-refractivity contribution in [3.63, 3.8) is 0 Å². The number of urea groups is 1. The number of fused-ring (bicyclic) bond motifs is 1. The van der Waals surface area contributed by atoms with Crippen LogP contribution in [0.5, 0.6) is 11.5 Å². The van der Waals surface area contributed by atoms with E-state index in [1.165, 1.54) is 25.3 Å². The van der Waals surface area contributed by atoms with Gasteiger partial charge in [-0.3, -0.25) is 14.9 Å². The summed E-state index contributed by atoms with van der Waals surface area (Å²) in [6.45, 7) is 0.327. The van der Waals surface area contributed by atoms with Crippen LogP contribution in [0.4, 0.5) is 10.5 Å². The van der Waals surface area contributed by atoms with Gasteiger partial charge in [0.15, 0.2) is 11.5 Å². The number of rotatable bonds is 6. The van der Waals surface area contributed by atoms with E-state index in [4.69, 9.17) is 21.1 Å². The number of imide groups is 2. The van der Waals surface area contributed by atoms with Crippen LogP contribution in [0.15, 0.2) is 84.4 Å². The van der Waals surface area contributed by atoms with E-state index < -0.39 is 17.8 Å². The van der Waals surface area contributed by atoms with Crippen molar-refractivity contribution in [2.24, 2.45) is 0 Å². The Morgan fingerprint density at radius 3 is 2.47 bits per heavy atom. The van der Waals surface area contributed by atoms with Crippen molar-refractivity contribution in [3.05, 3.63) is 104 Å². The number of benzene rings is 4. The summed E-state index contributed by atoms with van der Waals surface area (Å²) in [6, 6.07) is 22.9. The molecule has 0 aromatic heterocycles. The Labute approximate surface area is 237 Å². The smallest absolute Gasteiger partial charge is 0.335 e. The molecule has 7 nitrogen and oxygen atoms in total. The van der Waals surface area contributed by atoms with Crippen molar-refractivity contribution < 1.29 is 23.9 Å². The highest BCUT2D eigenvalue weighted by atomic mass is 127. The Morgan fingerprint density at radius 2 is 1.71 bits per heavy atom. The third-order valence-electron chi connectivity index (χ3n) is 6.00. The quantitative estimate of drug-likeness (QED) is 0.151. The van der Waals surface area contributed by atoms with Crippen LogP contribution < -0.4 is 19.7 Å². The molecule has 1 aliphatic rings. The molecule has 0 bridgehead atoms. The lowest BCUT2D eigenvalue weighted by molar-refractivity contribution is -0.122. The highest BCUT2D eigenvalue weighted by Crippen LogP contribution is 2.36. The highest BCUT2D eigenvalue weighted by molar-refractivity contribution is 14.1. The summed E-state index contributed by atoms with van der Waals surface area (Å²) in [5.41, 5.74) is 1.66. The molecule has 1 saturated heterocycles. The van der Waals surface area contributed by atoms with Crippen LogP contribution in [-0.4, -0.2) is 25.0 Å². The van der Waals surface area contributed by atoms with Gasteiger partial charge in [-0.2, -0.15) is 0 Å². The number of nitrogens with one attached hydrogen (secondary N) is 1. The van der Waals surface area contributed by atoms with E-state index in [9.17, 15) is 14.4 Å². The number of halogens is 2. The van der Waals surface area contributed by atoms with E-state index >= 15 is 0 Å². The molecule has 9 heteroatoms. The topological polar surface area (TPSA) is 84.9 Å². The molecule has 0 spiro atoms. The second-order valence-corrected chi connectivity index (χ2v) is 9.99. The third kappa shape index (κ3) is 5.09. The molecule has 1 fully saturated rings. The van der Waals surface area contributed by atoms with Crippen molar-refractivity contribution in [3.8, 4) is 11.5 Å². The van der Waals surface area contributed by atoms with Gasteiger partial charge in [0.05, 0.1) is 16.4 Å². The molecule has 38 heavy (non-hydrogen) atoms. The number of anilines is 1. The summed E-state index contributed by atoms with van der Waals surface area (Å²) < 4.78 is 12.5. The van der Waals surface area contributed by atoms with E-state index in [1.807, 2.05) is 24.3 Å². The van der Waals surface area contributed by atoms with Crippen LogP contribution in [0.2, 0.25) is 5.02 Å². The van der Waals surface area contributed by atoms with Gasteiger partial charge in [0.25, 0.3) is 11.8 Å². The zero-order chi connectivity index (χ0) is 26.8. The maximum atomic E-state index is 13.2. The van der Waals surface area contributed by atoms with Crippen molar-refractivity contribution >= 4 is 74.6 Å². The van der Waals surface area contributed by atoms with E-state index in [1.54, 1.807) is 24.3 Å². The molecular weight excluding hydrogens is 619 g/mol. The molecular formula is C29H20ClIN2O5. The molecule has 0 saturated carbocycles. The SMILES string of the molecule is COc1cc(C=C2C(=O)NC(=O)N(c3ccc(Cl)cc3)C2=O)cc(I)c1OCc1cccc2ccccc12. The maximum absolute atomic E-state index is 13.2. The highest BCUT2D eigenvalue weighted by Gasteiger charge is 2.36. The average Bonchev–Trinajstić information content (AvgIpc) is 2.91. The molecule has 1 N–H and O–H groups in total. The number of amides is 4. The van der Waals surface area contributed by atoms with Crippen LogP contribution in [0.25, 0.3) is 16.8 Å². The van der Waals surface area contributed by atoms with Crippen molar-refractivity contribution in [2.45, 2.75) is 6.61 Å². The molecule has 0 atom stereocenters. The number of nitrogens with zero attached hydrogens (tertiary/aromatic N) is 1. The number of ether oxygens (including phenoxy) is 2. The average molecular weight is 639 g/mol. The van der Waals surface area contributed by atoms with E-state index in [-0.39, 0.29) is 5.57 Å². The van der Waals surface area contributed by atoms with Gasteiger partial charge in [0.1, 0.15) is 12.2 Å². The Balaban J connectivity index is 1.44. The molecule has 0 aliphatic carbocycles. The Bertz CT molecular complexity index is 1610. The number of hydrogen-bond acceptors (Lipinski definition) is 5. The minimum Gasteiger partial charge on any atom is -0.493 e. The van der Waals surface area contributed by atoms with Crippen LogP contribution in [0.3, 0.4) is 0 Å². The first-order valence-corrected chi connectivity index (χ1v) is 13.0. The lowest BCUT2D eigenvalue weighted by Crippen LogP contribution is -2.54. The second-order valence-electron chi connectivity index (χ2n) is 8.40. The molecule has 0 unspecified atom stereocenters. The maximum Gasteiger partial charge on any atom is 0.335 e. The first kappa shape index (κ1) is 25.7. The predicted octanol–water partition coefficient (Wildman–Crippen LogP) is 6.35. The zero-order valence-corrected chi connectivity index (χ0v) is 22.9. The molecule has 1 aliphatic heterocycles. The van der Waals surface area contributed by atoms with Crippen molar-refractivity contribution in [2.75, 3.05) is 12.0 Å². The second kappa shape index (κ2) is 10.8. The number of hydrogen-bond donors (Lipinski definition) is 1. The number of barbiturate groups is 1. The van der Waals surface area contributed by atoms with Gasteiger partial charge in [0, 0.05) is 5.02 Å². The summed E-state index contributed by atoms with van der Waals surface area (Å²) in [5.74, 6) is -0.541. The molecule has 0 radical (unpaired) electrons. The summed E-state index contributed by atoms with van der Waals surface area (Å²) in [6.07, 6.45) is 1.42. The van der Waals surface area contributed by atoms with Crippen LogP contribution in [-0.2, 0) is 16.2 Å². The number of carbonyl (C=O) groups excluding carboxylic acids is 3. The van der Waals surface area contributed by atoms with Gasteiger partial charge in [-0.25, -0.2) is 9.69 Å². The molecule has 4 aromatic rings. The monoisotopic (exact) mass is 638 g/mol. The largest absolute Gasteiger partial charge is 0.493 e. The van der Waals surface area contributed by atoms with Crippen LogP contribution in [0, 0.1) is 3.57 Å². The predicted molar refractivity (Wildman–Crippen MR) is 154 cm³/mol. The first-order valence-electron chi connectivity index (χ1n) is 11.5.